The number of nitrogens with zero attached hydrogens (tertiary/aromatic N) is 6. The molecule has 1 aliphatic heterocycles. The minimum Gasteiger partial charge on any atom is -0.385 e. The van der Waals surface area contributed by atoms with Crippen molar-refractivity contribution in [2.24, 2.45) is 16.5 Å². The molecule has 4 rings (SSSR count). The Labute approximate surface area is 381 Å². The maximum atomic E-state index is 12.1. The molecule has 3 aromatic rings. The Bertz CT molecular complexity index is 1870. The van der Waals surface area contributed by atoms with Gasteiger partial charge >= 0.3 is 6.03 Å². The standard InChI is InChI=1S/C44H67ClN10O9/c1-53(32-37(56)5-3-20-59-2)33-38(57)6-4-21-60-25-26-61-22-13-48-44(58)49-14-23-62-27-29-64-30-28-63-24-19-54-15-17-55(18-16-54)36-10-7-34(8-11-36)41-39-31-35(45)9-12-40(39)50-43(51-41)52-42(46)47/h7-12,31H,3-6,13-30,32-33H2,1-2H3,(H2,48,49,58)(H4,46,47,50,51,52). The van der Waals surface area contributed by atoms with Gasteiger partial charge in [0.15, 0.2) is 5.96 Å². The number of rotatable bonds is 33. The molecule has 354 valence electrons. The predicted molar refractivity (Wildman–Crippen MR) is 247 cm³/mol. The first-order chi connectivity index (χ1) is 31.1. The van der Waals surface area contributed by atoms with Gasteiger partial charge < -0.3 is 55.4 Å². The third-order valence-corrected chi connectivity index (χ3v) is 10.2. The fourth-order valence-corrected chi connectivity index (χ4v) is 6.90. The topological polar surface area (TPSA) is 231 Å². The second kappa shape index (κ2) is 30.5. The first-order valence-corrected chi connectivity index (χ1v) is 22.2. The lowest BCUT2D eigenvalue weighted by molar-refractivity contribution is -0.122. The van der Waals surface area contributed by atoms with Gasteiger partial charge in [-0.2, -0.15) is 4.99 Å². The van der Waals surface area contributed by atoms with Crippen LogP contribution in [0.25, 0.3) is 22.2 Å². The Kier molecular flexibility index (Phi) is 24.8. The van der Waals surface area contributed by atoms with Crippen LogP contribution in [-0.4, -0.2) is 189 Å². The van der Waals surface area contributed by atoms with Gasteiger partial charge in [0, 0.05) is 101 Å². The van der Waals surface area contributed by atoms with Crippen LogP contribution in [0.2, 0.25) is 5.02 Å². The van der Waals surface area contributed by atoms with Gasteiger partial charge in [-0.1, -0.05) is 23.7 Å². The zero-order chi connectivity index (χ0) is 45.8. The second-order valence-electron chi connectivity index (χ2n) is 15.1. The molecule has 20 heteroatoms. The minimum atomic E-state index is -0.295. The molecule has 0 radical (unpaired) electrons. The zero-order valence-electron chi connectivity index (χ0n) is 37.4. The van der Waals surface area contributed by atoms with Crippen LogP contribution in [0.3, 0.4) is 0 Å². The van der Waals surface area contributed by atoms with E-state index in [0.29, 0.717) is 128 Å². The van der Waals surface area contributed by atoms with Crippen molar-refractivity contribution in [3.05, 3.63) is 47.5 Å². The molecule has 1 aromatic heterocycles. The Morgan fingerprint density at radius 3 is 1.89 bits per heavy atom. The van der Waals surface area contributed by atoms with Crippen molar-refractivity contribution in [3.63, 3.8) is 0 Å². The van der Waals surface area contributed by atoms with Gasteiger partial charge in [-0.05, 0) is 50.2 Å². The van der Waals surface area contributed by atoms with Crippen molar-refractivity contribution in [1.82, 2.24) is 30.4 Å². The molecule has 0 aliphatic carbocycles. The number of ether oxygens (including phenoxy) is 6. The summed E-state index contributed by atoms with van der Waals surface area (Å²) < 4.78 is 32.9. The molecule has 0 bridgehead atoms. The van der Waals surface area contributed by atoms with Crippen LogP contribution in [0.5, 0.6) is 0 Å². The number of halogens is 1. The summed E-state index contributed by atoms with van der Waals surface area (Å²) >= 11 is 6.30. The maximum Gasteiger partial charge on any atom is 0.314 e. The number of hydrogen-bond donors (Lipinski definition) is 4. The number of methoxy groups -OCH3 is 1. The Morgan fingerprint density at radius 2 is 1.30 bits per heavy atom. The highest BCUT2D eigenvalue weighted by molar-refractivity contribution is 6.31. The monoisotopic (exact) mass is 914 g/mol. The second-order valence-corrected chi connectivity index (χ2v) is 15.6. The molecule has 0 spiro atoms. The summed E-state index contributed by atoms with van der Waals surface area (Å²) in [6.07, 6.45) is 2.15. The van der Waals surface area contributed by atoms with E-state index in [9.17, 15) is 14.4 Å². The SMILES string of the molecule is COCCCC(=O)CN(C)CC(=O)CCCOCCOCCNC(=O)NCCOCCOCCOCCN1CCN(c2ccc(-c3nc(N=C(N)N)nc4ccc(Cl)cc34)cc2)CC1. The van der Waals surface area contributed by atoms with Gasteiger partial charge in [-0.3, -0.25) is 19.4 Å². The number of guanidine groups is 1. The van der Waals surface area contributed by atoms with Crippen LogP contribution in [-0.2, 0) is 38.0 Å². The van der Waals surface area contributed by atoms with Gasteiger partial charge in [0.05, 0.1) is 83.8 Å². The van der Waals surface area contributed by atoms with Crippen molar-refractivity contribution >= 4 is 57.7 Å². The molecule has 1 aliphatic rings. The van der Waals surface area contributed by atoms with E-state index >= 15 is 0 Å². The van der Waals surface area contributed by atoms with Gasteiger partial charge in [0.2, 0.25) is 0 Å². The molecule has 1 saturated heterocycles. The lowest BCUT2D eigenvalue weighted by Crippen LogP contribution is -2.47. The summed E-state index contributed by atoms with van der Waals surface area (Å²) in [7, 11) is 3.38. The number of ketones is 2. The van der Waals surface area contributed by atoms with E-state index in [1.807, 2.05) is 24.3 Å². The number of carbonyl (C=O) groups excluding carboxylic acids is 3. The van der Waals surface area contributed by atoms with Crippen LogP contribution in [0.1, 0.15) is 25.7 Å². The highest BCUT2D eigenvalue weighted by atomic mass is 35.5. The lowest BCUT2D eigenvalue weighted by atomic mass is 10.1. The third kappa shape index (κ3) is 21.0. The smallest absolute Gasteiger partial charge is 0.314 e. The molecule has 2 aromatic carbocycles. The summed E-state index contributed by atoms with van der Waals surface area (Å²) in [6.45, 7) is 10.8. The van der Waals surface area contributed by atoms with Crippen LogP contribution in [0, 0.1) is 0 Å². The van der Waals surface area contributed by atoms with Crippen molar-refractivity contribution in [1.29, 1.82) is 0 Å². The molecule has 2 amide bonds. The lowest BCUT2D eigenvalue weighted by Gasteiger charge is -2.36. The number of anilines is 1. The van der Waals surface area contributed by atoms with Crippen molar-refractivity contribution in [3.8, 4) is 11.3 Å². The molecule has 64 heavy (non-hydrogen) atoms. The Balaban J connectivity index is 0.909. The third-order valence-electron chi connectivity index (χ3n) is 9.93. The first-order valence-electron chi connectivity index (χ1n) is 21.9. The van der Waals surface area contributed by atoms with E-state index in [2.05, 4.69) is 47.5 Å². The van der Waals surface area contributed by atoms with E-state index in [0.717, 1.165) is 49.4 Å². The van der Waals surface area contributed by atoms with E-state index in [1.54, 1.807) is 25.1 Å². The van der Waals surface area contributed by atoms with E-state index in [1.165, 1.54) is 0 Å². The van der Waals surface area contributed by atoms with Crippen LogP contribution in [0.15, 0.2) is 47.5 Å². The average molecular weight is 916 g/mol. The van der Waals surface area contributed by atoms with Gasteiger partial charge in [0.1, 0.15) is 11.6 Å². The number of aliphatic imine (C=N–C) groups is 1. The largest absolute Gasteiger partial charge is 0.385 e. The van der Waals surface area contributed by atoms with Gasteiger partial charge in [-0.25, -0.2) is 14.8 Å². The number of nitrogens with one attached hydrogen (secondary N) is 2. The number of aromatic nitrogens is 2. The van der Waals surface area contributed by atoms with E-state index in [-0.39, 0.29) is 42.6 Å². The molecular formula is C44H67ClN10O9. The van der Waals surface area contributed by atoms with E-state index in [4.69, 9.17) is 51.5 Å². The number of Topliss-reactive ketones (excluding diaryl/α,β-unsaturated/α-hetero) is 2. The number of fused-ring (bicyclic) bond motifs is 1. The number of urea groups is 1. The number of piperazine rings is 1. The highest BCUT2D eigenvalue weighted by Crippen LogP contribution is 2.31. The molecule has 6 N–H and O–H groups in total. The zero-order valence-corrected chi connectivity index (χ0v) is 38.2. The molecule has 0 saturated carbocycles. The molecular weight excluding hydrogens is 848 g/mol. The van der Waals surface area contributed by atoms with E-state index < -0.39 is 0 Å². The maximum absolute atomic E-state index is 12.1. The Hall–Kier alpha value is -4.57. The van der Waals surface area contributed by atoms with Crippen LogP contribution < -0.4 is 27.0 Å². The molecule has 19 nitrogen and oxygen atoms in total. The number of amides is 2. The van der Waals surface area contributed by atoms with Crippen molar-refractivity contribution in [2.75, 3.05) is 151 Å². The number of carbonyl (C=O) groups is 3. The molecule has 0 unspecified atom stereocenters. The summed E-state index contributed by atoms with van der Waals surface area (Å²) in [6, 6.07) is 13.5. The average Bonchev–Trinajstić information content (AvgIpc) is 3.27. The highest BCUT2D eigenvalue weighted by Gasteiger charge is 2.18. The quantitative estimate of drug-likeness (QED) is 0.0391. The fourth-order valence-electron chi connectivity index (χ4n) is 6.73. The normalized spacial score (nSPS) is 13.1. The fraction of sp³-hybridized carbons (Fsp3) is 0.591. The van der Waals surface area contributed by atoms with Crippen LogP contribution >= 0.6 is 11.6 Å². The number of nitrogens with two attached hydrogens (primary N) is 2. The number of benzene rings is 2. The molecule has 0 atom stereocenters. The minimum absolute atomic E-state index is 0.0787. The number of hydrogen-bond acceptors (Lipinski definition) is 15. The van der Waals surface area contributed by atoms with Gasteiger partial charge in [-0.15, -0.1) is 0 Å². The summed E-state index contributed by atoms with van der Waals surface area (Å²) in [5, 5.41) is 6.88. The van der Waals surface area contributed by atoms with Crippen molar-refractivity contribution in [2.45, 2.75) is 25.7 Å². The summed E-state index contributed by atoms with van der Waals surface area (Å²) in [4.78, 5) is 55.7. The Morgan fingerprint density at radius 1 is 0.734 bits per heavy atom. The summed E-state index contributed by atoms with van der Waals surface area (Å²) in [5.74, 6) is 0.269. The first kappa shape index (κ1) is 52.1. The van der Waals surface area contributed by atoms with Crippen molar-refractivity contribution < 1.29 is 42.8 Å². The predicted octanol–water partition coefficient (Wildman–Crippen LogP) is 2.64. The van der Waals surface area contributed by atoms with Gasteiger partial charge in [0.25, 0.3) is 5.95 Å². The molecule has 2 heterocycles. The van der Waals surface area contributed by atoms with Crippen LogP contribution in [0.4, 0.5) is 16.4 Å². The molecule has 1 fully saturated rings. The summed E-state index contributed by atoms with van der Waals surface area (Å²) in [5.41, 5.74) is 14.6. The number of likely N-dealkylation sites (N-methyl/N-ethyl adjacent to an activating group) is 1.